The molecule has 0 saturated heterocycles. The van der Waals surface area contributed by atoms with E-state index in [1.54, 1.807) is 0 Å². The second-order valence-electron chi connectivity index (χ2n) is 5.07. The van der Waals surface area contributed by atoms with Crippen LogP contribution in [0, 0.1) is 17.8 Å². The van der Waals surface area contributed by atoms with Gasteiger partial charge in [0.05, 0.1) is 0 Å². The molecular formula is C12H23N. The Balaban J connectivity index is 1.62. The summed E-state index contributed by atoms with van der Waals surface area (Å²) in [7, 11) is 0. The molecule has 2 saturated carbocycles. The molecule has 0 heterocycles. The van der Waals surface area contributed by atoms with Crippen molar-refractivity contribution >= 4 is 0 Å². The fourth-order valence-electron chi connectivity index (χ4n) is 3.02. The van der Waals surface area contributed by atoms with Gasteiger partial charge < -0.3 is 5.73 Å². The van der Waals surface area contributed by atoms with Crippen LogP contribution in [0.3, 0.4) is 0 Å². The van der Waals surface area contributed by atoms with E-state index < -0.39 is 0 Å². The molecule has 2 rings (SSSR count). The first-order chi connectivity index (χ1) is 6.40. The van der Waals surface area contributed by atoms with Gasteiger partial charge in [-0.15, -0.1) is 0 Å². The van der Waals surface area contributed by atoms with Crippen molar-refractivity contribution in [3.63, 3.8) is 0 Å². The standard InChI is InChI=1S/C12H23N/c13-7-6-11-9-12(11)8-10-4-2-1-3-5-10/h10-12H,1-9,13H2. The summed E-state index contributed by atoms with van der Waals surface area (Å²) in [5.74, 6) is 3.18. The summed E-state index contributed by atoms with van der Waals surface area (Å²) in [5.41, 5.74) is 5.56. The van der Waals surface area contributed by atoms with Crippen LogP contribution in [0.25, 0.3) is 0 Å². The van der Waals surface area contributed by atoms with Gasteiger partial charge in [-0.3, -0.25) is 0 Å². The highest BCUT2D eigenvalue weighted by molar-refractivity contribution is 4.88. The van der Waals surface area contributed by atoms with E-state index in [2.05, 4.69) is 0 Å². The molecule has 0 aliphatic heterocycles. The Bertz CT molecular complexity index is 149. The fourth-order valence-corrected chi connectivity index (χ4v) is 3.02. The highest BCUT2D eigenvalue weighted by Crippen LogP contribution is 2.47. The molecule has 2 aliphatic rings. The smallest absolute Gasteiger partial charge is 0.00745 e. The van der Waals surface area contributed by atoms with Crippen LogP contribution < -0.4 is 5.73 Å². The van der Waals surface area contributed by atoms with Gasteiger partial charge in [0, 0.05) is 0 Å². The molecule has 1 nitrogen and oxygen atoms in total. The quantitative estimate of drug-likeness (QED) is 0.709. The molecule has 0 aromatic rings. The monoisotopic (exact) mass is 181 g/mol. The molecule has 2 aliphatic carbocycles. The van der Waals surface area contributed by atoms with Crippen LogP contribution in [0.2, 0.25) is 0 Å². The molecule has 0 aromatic carbocycles. The topological polar surface area (TPSA) is 26.0 Å². The van der Waals surface area contributed by atoms with Crippen molar-refractivity contribution < 1.29 is 0 Å². The Morgan fingerprint density at radius 1 is 1.00 bits per heavy atom. The summed E-state index contributed by atoms with van der Waals surface area (Å²) in [4.78, 5) is 0. The van der Waals surface area contributed by atoms with Crippen LogP contribution in [0.1, 0.15) is 51.4 Å². The molecule has 0 spiro atoms. The van der Waals surface area contributed by atoms with Crippen molar-refractivity contribution in [2.24, 2.45) is 23.5 Å². The lowest BCUT2D eigenvalue weighted by molar-refractivity contribution is 0.319. The van der Waals surface area contributed by atoms with E-state index in [1.807, 2.05) is 0 Å². The molecule has 2 N–H and O–H groups in total. The summed E-state index contributed by atoms with van der Waals surface area (Å²) in [6.07, 6.45) is 11.8. The number of hydrogen-bond donors (Lipinski definition) is 1. The van der Waals surface area contributed by atoms with Gasteiger partial charge in [-0.05, 0) is 43.6 Å². The van der Waals surface area contributed by atoms with Gasteiger partial charge in [0.2, 0.25) is 0 Å². The van der Waals surface area contributed by atoms with Crippen molar-refractivity contribution in [1.82, 2.24) is 0 Å². The predicted octanol–water partition coefficient (Wildman–Crippen LogP) is 2.94. The highest BCUT2D eigenvalue weighted by atomic mass is 14.6. The predicted molar refractivity (Wildman–Crippen MR) is 56.5 cm³/mol. The maximum atomic E-state index is 5.56. The molecular weight excluding hydrogens is 158 g/mol. The van der Waals surface area contributed by atoms with Crippen LogP contribution in [0.15, 0.2) is 0 Å². The third kappa shape index (κ3) is 2.70. The highest BCUT2D eigenvalue weighted by Gasteiger charge is 2.37. The van der Waals surface area contributed by atoms with E-state index >= 15 is 0 Å². The lowest BCUT2D eigenvalue weighted by atomic mass is 9.85. The normalized spacial score (nSPS) is 34.8. The zero-order chi connectivity index (χ0) is 9.10. The fraction of sp³-hybridized carbons (Fsp3) is 1.00. The molecule has 13 heavy (non-hydrogen) atoms. The summed E-state index contributed by atoms with van der Waals surface area (Å²) in [6, 6.07) is 0. The third-order valence-corrected chi connectivity index (χ3v) is 3.97. The SMILES string of the molecule is NCCC1CC1CC1CCCCC1. The summed E-state index contributed by atoms with van der Waals surface area (Å²) < 4.78 is 0. The Morgan fingerprint density at radius 2 is 1.77 bits per heavy atom. The molecule has 2 unspecified atom stereocenters. The molecule has 76 valence electrons. The van der Waals surface area contributed by atoms with E-state index in [9.17, 15) is 0 Å². The maximum absolute atomic E-state index is 5.56. The Labute approximate surface area is 82.1 Å². The first kappa shape index (κ1) is 9.51. The molecule has 0 bridgehead atoms. The second-order valence-corrected chi connectivity index (χ2v) is 5.07. The van der Waals surface area contributed by atoms with E-state index in [0.717, 1.165) is 24.3 Å². The lowest BCUT2D eigenvalue weighted by Gasteiger charge is -2.21. The van der Waals surface area contributed by atoms with Gasteiger partial charge in [0.15, 0.2) is 0 Å². The zero-order valence-corrected chi connectivity index (χ0v) is 8.67. The second kappa shape index (κ2) is 4.45. The average Bonchev–Trinajstić information content (AvgIpc) is 2.86. The van der Waals surface area contributed by atoms with Crippen molar-refractivity contribution in [2.75, 3.05) is 6.54 Å². The summed E-state index contributed by atoms with van der Waals surface area (Å²) in [6.45, 7) is 0.909. The van der Waals surface area contributed by atoms with Crippen molar-refractivity contribution in [2.45, 2.75) is 51.4 Å². The van der Waals surface area contributed by atoms with Crippen molar-refractivity contribution in [3.8, 4) is 0 Å². The maximum Gasteiger partial charge on any atom is -0.00745 e. The average molecular weight is 181 g/mol. The van der Waals surface area contributed by atoms with Gasteiger partial charge in [-0.1, -0.05) is 32.1 Å². The summed E-state index contributed by atoms with van der Waals surface area (Å²) >= 11 is 0. The number of hydrogen-bond acceptors (Lipinski definition) is 1. The van der Waals surface area contributed by atoms with E-state index in [0.29, 0.717) is 0 Å². The minimum absolute atomic E-state index is 0.909. The van der Waals surface area contributed by atoms with Gasteiger partial charge >= 0.3 is 0 Å². The van der Waals surface area contributed by atoms with Crippen LogP contribution >= 0.6 is 0 Å². The molecule has 0 amide bonds. The van der Waals surface area contributed by atoms with Crippen LogP contribution in [0.5, 0.6) is 0 Å². The van der Waals surface area contributed by atoms with Crippen LogP contribution in [0.4, 0.5) is 0 Å². The summed E-state index contributed by atoms with van der Waals surface area (Å²) in [5, 5.41) is 0. The lowest BCUT2D eigenvalue weighted by Crippen LogP contribution is -2.08. The Hall–Kier alpha value is -0.0400. The first-order valence-corrected chi connectivity index (χ1v) is 6.10. The number of nitrogens with two attached hydrogens (primary N) is 1. The molecule has 2 fully saturated rings. The first-order valence-electron chi connectivity index (χ1n) is 6.10. The zero-order valence-electron chi connectivity index (χ0n) is 8.67. The minimum atomic E-state index is 0.909. The third-order valence-electron chi connectivity index (χ3n) is 3.97. The Morgan fingerprint density at radius 3 is 2.46 bits per heavy atom. The van der Waals surface area contributed by atoms with Gasteiger partial charge in [-0.2, -0.15) is 0 Å². The largest absolute Gasteiger partial charge is 0.330 e. The Kier molecular flexibility index (Phi) is 3.26. The molecule has 0 aromatic heterocycles. The van der Waals surface area contributed by atoms with E-state index in [1.165, 1.54) is 51.4 Å². The van der Waals surface area contributed by atoms with Crippen molar-refractivity contribution in [3.05, 3.63) is 0 Å². The minimum Gasteiger partial charge on any atom is -0.330 e. The molecule has 2 atom stereocenters. The van der Waals surface area contributed by atoms with Gasteiger partial charge in [0.25, 0.3) is 0 Å². The van der Waals surface area contributed by atoms with Crippen molar-refractivity contribution in [1.29, 1.82) is 0 Å². The van der Waals surface area contributed by atoms with Gasteiger partial charge in [-0.25, -0.2) is 0 Å². The van der Waals surface area contributed by atoms with Crippen LogP contribution in [-0.4, -0.2) is 6.54 Å². The molecule has 1 heteroatoms. The van der Waals surface area contributed by atoms with Gasteiger partial charge in [0.1, 0.15) is 0 Å². The molecule has 0 radical (unpaired) electrons. The van der Waals surface area contributed by atoms with E-state index in [4.69, 9.17) is 5.73 Å². The van der Waals surface area contributed by atoms with E-state index in [-0.39, 0.29) is 0 Å². The van der Waals surface area contributed by atoms with Crippen LogP contribution in [-0.2, 0) is 0 Å². The number of rotatable bonds is 4.